The van der Waals surface area contributed by atoms with Gasteiger partial charge in [-0.15, -0.1) is 0 Å². The maximum atomic E-state index is 8.36. The third-order valence-corrected chi connectivity index (χ3v) is 3.11. The van der Waals surface area contributed by atoms with Crippen LogP contribution in [-0.4, -0.2) is 23.6 Å². The number of hydrogen-bond acceptors (Lipinski definition) is 3. The van der Waals surface area contributed by atoms with Gasteiger partial charge < -0.3 is 16.3 Å². The van der Waals surface area contributed by atoms with Gasteiger partial charge in [-0.05, 0) is 31.7 Å². The Kier molecular flexibility index (Phi) is 5.47. The monoisotopic (exact) mass is 213 g/mol. The lowest BCUT2D eigenvalue weighted by Crippen LogP contribution is -2.34. The molecule has 4 heteroatoms. The predicted molar refractivity (Wildman–Crippen MR) is 62.1 cm³/mol. The zero-order valence-corrected chi connectivity index (χ0v) is 9.58. The van der Waals surface area contributed by atoms with Crippen molar-refractivity contribution in [2.75, 3.05) is 6.54 Å². The topological polar surface area (TPSA) is 70.6 Å². The van der Waals surface area contributed by atoms with Gasteiger partial charge >= 0.3 is 0 Å². The normalized spacial score (nSPS) is 27.9. The van der Waals surface area contributed by atoms with Crippen molar-refractivity contribution in [3.05, 3.63) is 0 Å². The molecular formula is C11H23N3O. The lowest BCUT2D eigenvalue weighted by atomic mass is 9.87. The van der Waals surface area contributed by atoms with Crippen LogP contribution in [0, 0.1) is 5.92 Å². The summed E-state index contributed by atoms with van der Waals surface area (Å²) in [6, 6.07) is 0.682. The van der Waals surface area contributed by atoms with Gasteiger partial charge in [-0.1, -0.05) is 24.9 Å². The van der Waals surface area contributed by atoms with E-state index in [1.54, 1.807) is 0 Å². The molecule has 2 unspecified atom stereocenters. The molecule has 0 aromatic carbocycles. The van der Waals surface area contributed by atoms with Crippen molar-refractivity contribution in [3.8, 4) is 0 Å². The highest BCUT2D eigenvalue weighted by Crippen LogP contribution is 2.23. The van der Waals surface area contributed by atoms with Crippen LogP contribution < -0.4 is 11.1 Å². The summed E-state index contributed by atoms with van der Waals surface area (Å²) < 4.78 is 0. The molecule has 1 aliphatic carbocycles. The summed E-state index contributed by atoms with van der Waals surface area (Å²) in [5, 5.41) is 14.9. The second-order valence-electron chi connectivity index (χ2n) is 4.62. The van der Waals surface area contributed by atoms with Gasteiger partial charge in [-0.2, -0.15) is 0 Å². The molecule has 1 aliphatic rings. The molecule has 0 amide bonds. The van der Waals surface area contributed by atoms with E-state index in [4.69, 9.17) is 10.9 Å². The third-order valence-electron chi connectivity index (χ3n) is 3.11. The highest BCUT2D eigenvalue weighted by atomic mass is 16.4. The largest absolute Gasteiger partial charge is 0.409 e. The van der Waals surface area contributed by atoms with E-state index < -0.39 is 0 Å². The van der Waals surface area contributed by atoms with Gasteiger partial charge in [0.05, 0.1) is 0 Å². The van der Waals surface area contributed by atoms with Crippen molar-refractivity contribution < 1.29 is 5.21 Å². The van der Waals surface area contributed by atoms with E-state index in [1.807, 2.05) is 0 Å². The Morgan fingerprint density at radius 3 is 3.00 bits per heavy atom. The molecular weight excluding hydrogens is 190 g/mol. The molecule has 4 N–H and O–H groups in total. The van der Waals surface area contributed by atoms with Gasteiger partial charge in [-0.25, -0.2) is 0 Å². The van der Waals surface area contributed by atoms with Crippen molar-refractivity contribution in [3.63, 3.8) is 0 Å². The molecule has 88 valence electrons. The summed E-state index contributed by atoms with van der Waals surface area (Å²) in [7, 11) is 0. The number of nitrogens with one attached hydrogen (secondary N) is 1. The minimum Gasteiger partial charge on any atom is -0.409 e. The number of oxime groups is 1. The highest BCUT2D eigenvalue weighted by Gasteiger charge is 2.17. The standard InChI is InChI=1S/C11H23N3O/c1-9-4-2-5-10(8-9)13-7-3-6-11(12)14-15/h9-10,13,15H,2-8H2,1H3,(H2,12,14). The first kappa shape index (κ1) is 12.3. The molecule has 1 fully saturated rings. The molecule has 0 aliphatic heterocycles. The molecule has 0 aromatic heterocycles. The Balaban J connectivity index is 2.04. The quantitative estimate of drug-likeness (QED) is 0.214. The molecule has 2 atom stereocenters. The molecule has 0 spiro atoms. The van der Waals surface area contributed by atoms with Crippen LogP contribution >= 0.6 is 0 Å². The lowest BCUT2D eigenvalue weighted by molar-refractivity contribution is 0.301. The average molecular weight is 213 g/mol. The first-order valence-corrected chi connectivity index (χ1v) is 5.92. The minimum atomic E-state index is 0.328. The molecule has 0 bridgehead atoms. The number of nitrogens with two attached hydrogens (primary N) is 1. The fraction of sp³-hybridized carbons (Fsp3) is 0.909. The number of rotatable bonds is 5. The Labute approximate surface area is 91.9 Å². The van der Waals surface area contributed by atoms with Gasteiger partial charge in [-0.3, -0.25) is 0 Å². The molecule has 0 radical (unpaired) electrons. The maximum absolute atomic E-state index is 8.36. The van der Waals surface area contributed by atoms with Gasteiger partial charge in [0.15, 0.2) is 0 Å². The van der Waals surface area contributed by atoms with E-state index in [1.165, 1.54) is 25.7 Å². The summed E-state index contributed by atoms with van der Waals surface area (Å²) in [6.07, 6.45) is 6.94. The average Bonchev–Trinajstić information content (AvgIpc) is 2.24. The molecule has 15 heavy (non-hydrogen) atoms. The van der Waals surface area contributed by atoms with Gasteiger partial charge in [0, 0.05) is 12.5 Å². The predicted octanol–water partition coefficient (Wildman–Crippen LogP) is 1.68. The van der Waals surface area contributed by atoms with E-state index in [0.29, 0.717) is 18.3 Å². The summed E-state index contributed by atoms with van der Waals surface area (Å²) in [4.78, 5) is 0. The number of hydrogen-bond donors (Lipinski definition) is 3. The van der Waals surface area contributed by atoms with E-state index in [0.717, 1.165) is 18.9 Å². The maximum Gasteiger partial charge on any atom is 0.139 e. The second kappa shape index (κ2) is 6.67. The molecule has 0 heterocycles. The summed E-state index contributed by atoms with van der Waals surface area (Å²) in [5.74, 6) is 1.19. The molecule has 0 aromatic rings. The van der Waals surface area contributed by atoms with E-state index in [9.17, 15) is 0 Å². The van der Waals surface area contributed by atoms with Crippen molar-refractivity contribution in [1.29, 1.82) is 0 Å². The van der Waals surface area contributed by atoms with Crippen LogP contribution in [0.15, 0.2) is 5.16 Å². The zero-order chi connectivity index (χ0) is 11.1. The highest BCUT2D eigenvalue weighted by molar-refractivity contribution is 5.79. The Hall–Kier alpha value is -0.770. The van der Waals surface area contributed by atoms with Crippen LogP contribution in [0.25, 0.3) is 0 Å². The number of amidine groups is 1. The Bertz CT molecular complexity index is 206. The first-order chi connectivity index (χ1) is 7.22. The van der Waals surface area contributed by atoms with Crippen LogP contribution in [0.4, 0.5) is 0 Å². The summed E-state index contributed by atoms with van der Waals surface area (Å²) in [5.41, 5.74) is 5.39. The summed E-state index contributed by atoms with van der Waals surface area (Å²) in [6.45, 7) is 3.29. The van der Waals surface area contributed by atoms with E-state index in [2.05, 4.69) is 17.4 Å². The second-order valence-corrected chi connectivity index (χ2v) is 4.62. The van der Waals surface area contributed by atoms with Gasteiger partial charge in [0.25, 0.3) is 0 Å². The van der Waals surface area contributed by atoms with Crippen molar-refractivity contribution in [1.82, 2.24) is 5.32 Å². The molecule has 1 saturated carbocycles. The molecule has 1 rings (SSSR count). The Morgan fingerprint density at radius 1 is 1.53 bits per heavy atom. The van der Waals surface area contributed by atoms with Gasteiger partial charge in [0.2, 0.25) is 0 Å². The number of nitrogens with zero attached hydrogens (tertiary/aromatic N) is 1. The van der Waals surface area contributed by atoms with Crippen LogP contribution in [0.1, 0.15) is 45.4 Å². The lowest BCUT2D eigenvalue weighted by Gasteiger charge is -2.27. The van der Waals surface area contributed by atoms with Crippen LogP contribution in [-0.2, 0) is 0 Å². The van der Waals surface area contributed by atoms with Gasteiger partial charge in [0.1, 0.15) is 5.84 Å². The molecule has 0 saturated heterocycles. The third kappa shape index (κ3) is 5.02. The zero-order valence-electron chi connectivity index (χ0n) is 9.58. The first-order valence-electron chi connectivity index (χ1n) is 5.92. The molecule has 4 nitrogen and oxygen atoms in total. The van der Waals surface area contributed by atoms with Crippen LogP contribution in [0.5, 0.6) is 0 Å². The smallest absolute Gasteiger partial charge is 0.139 e. The minimum absolute atomic E-state index is 0.328. The Morgan fingerprint density at radius 2 is 2.33 bits per heavy atom. The SMILES string of the molecule is CC1CCCC(NCCCC(N)=NO)C1. The van der Waals surface area contributed by atoms with Crippen molar-refractivity contribution >= 4 is 5.84 Å². The van der Waals surface area contributed by atoms with Crippen LogP contribution in [0.2, 0.25) is 0 Å². The fourth-order valence-corrected chi connectivity index (χ4v) is 2.25. The van der Waals surface area contributed by atoms with E-state index in [-0.39, 0.29) is 0 Å². The fourth-order valence-electron chi connectivity index (χ4n) is 2.25. The van der Waals surface area contributed by atoms with E-state index >= 15 is 0 Å². The van der Waals surface area contributed by atoms with Crippen molar-refractivity contribution in [2.45, 2.75) is 51.5 Å². The van der Waals surface area contributed by atoms with Crippen LogP contribution in [0.3, 0.4) is 0 Å². The van der Waals surface area contributed by atoms with Crippen molar-refractivity contribution in [2.24, 2.45) is 16.8 Å². The summed E-state index contributed by atoms with van der Waals surface area (Å²) >= 11 is 0.